The van der Waals surface area contributed by atoms with E-state index in [9.17, 15) is 0 Å². The van der Waals surface area contributed by atoms with Gasteiger partial charge in [-0.05, 0) is 11.6 Å². The van der Waals surface area contributed by atoms with Crippen molar-refractivity contribution in [2.24, 2.45) is 0 Å². The number of aromatic nitrogens is 3. The molecule has 3 heterocycles. The predicted molar refractivity (Wildman–Crippen MR) is 108 cm³/mol. The second-order valence-corrected chi connectivity index (χ2v) is 7.67. The van der Waals surface area contributed by atoms with E-state index in [0.29, 0.717) is 5.92 Å². The van der Waals surface area contributed by atoms with E-state index in [-0.39, 0.29) is 0 Å². The van der Waals surface area contributed by atoms with Gasteiger partial charge in [0.15, 0.2) is 0 Å². The highest BCUT2D eigenvalue weighted by Crippen LogP contribution is 2.25. The van der Waals surface area contributed by atoms with Gasteiger partial charge in [0.05, 0.1) is 6.61 Å². The van der Waals surface area contributed by atoms with E-state index < -0.39 is 0 Å². The van der Waals surface area contributed by atoms with Crippen molar-refractivity contribution in [3.05, 3.63) is 59.3 Å². The molecule has 1 aromatic carbocycles. The van der Waals surface area contributed by atoms with Crippen LogP contribution in [-0.4, -0.2) is 39.7 Å². The molecule has 4 rings (SSSR count). The predicted octanol–water partition coefficient (Wildman–Crippen LogP) is 3.76. The lowest BCUT2D eigenvalue weighted by atomic mass is 10.1. The Morgan fingerprint density at radius 1 is 1.22 bits per heavy atom. The summed E-state index contributed by atoms with van der Waals surface area (Å²) in [6, 6.07) is 8.65. The maximum absolute atomic E-state index is 5.27. The molecule has 5 nitrogen and oxygen atoms in total. The fraction of sp³-hybridized carbons (Fsp3) is 0.455. The molecule has 142 valence electrons. The van der Waals surface area contributed by atoms with Gasteiger partial charge >= 0.3 is 0 Å². The molecular formula is C22H28N4O. The van der Waals surface area contributed by atoms with Gasteiger partial charge in [-0.3, -0.25) is 4.90 Å². The van der Waals surface area contributed by atoms with Crippen LogP contribution in [0.2, 0.25) is 0 Å². The summed E-state index contributed by atoms with van der Waals surface area (Å²) >= 11 is 0. The zero-order valence-electron chi connectivity index (χ0n) is 16.5. The summed E-state index contributed by atoms with van der Waals surface area (Å²) in [7, 11) is 1.75. The standard InChI is InChI=1S/C22H28N4O/c1-16(2)22-23-12-17-13-25(9-8-20(17)24-22)14-18-15-26(10-11-27-3)21-7-5-4-6-19(18)21/h4-7,12,15-16H,8-11,13-14H2,1-3H3. The van der Waals surface area contributed by atoms with Gasteiger partial charge in [-0.2, -0.15) is 0 Å². The van der Waals surface area contributed by atoms with Crippen LogP contribution < -0.4 is 0 Å². The molecule has 0 saturated heterocycles. The van der Waals surface area contributed by atoms with Gasteiger partial charge in [0.2, 0.25) is 0 Å². The van der Waals surface area contributed by atoms with E-state index in [1.54, 1.807) is 7.11 Å². The minimum Gasteiger partial charge on any atom is -0.383 e. The molecule has 0 N–H and O–H groups in total. The Hall–Kier alpha value is -2.24. The minimum atomic E-state index is 0.381. The maximum Gasteiger partial charge on any atom is 0.131 e. The van der Waals surface area contributed by atoms with Crippen LogP contribution >= 0.6 is 0 Å². The topological polar surface area (TPSA) is 43.2 Å². The van der Waals surface area contributed by atoms with Gasteiger partial charge in [-0.15, -0.1) is 0 Å². The zero-order valence-corrected chi connectivity index (χ0v) is 16.5. The molecule has 0 saturated carbocycles. The summed E-state index contributed by atoms with van der Waals surface area (Å²) in [6.45, 7) is 8.82. The molecule has 1 aliphatic heterocycles. The third kappa shape index (κ3) is 3.75. The number of nitrogens with zero attached hydrogens (tertiary/aromatic N) is 4. The Kier molecular flexibility index (Phi) is 5.23. The highest BCUT2D eigenvalue weighted by molar-refractivity contribution is 5.83. The maximum atomic E-state index is 5.27. The number of fused-ring (bicyclic) bond motifs is 2. The lowest BCUT2D eigenvalue weighted by Crippen LogP contribution is -2.31. The highest BCUT2D eigenvalue weighted by atomic mass is 16.5. The summed E-state index contributed by atoms with van der Waals surface area (Å²) in [4.78, 5) is 11.9. The quantitative estimate of drug-likeness (QED) is 0.668. The second-order valence-electron chi connectivity index (χ2n) is 7.67. The SMILES string of the molecule is COCCn1cc(CN2CCc3nc(C(C)C)ncc3C2)c2ccccc21. The number of hydrogen-bond acceptors (Lipinski definition) is 4. The van der Waals surface area contributed by atoms with Crippen molar-refractivity contribution in [3.63, 3.8) is 0 Å². The number of methoxy groups -OCH3 is 1. The van der Waals surface area contributed by atoms with Crippen LogP contribution in [0.25, 0.3) is 10.9 Å². The Morgan fingerprint density at radius 2 is 2.07 bits per heavy atom. The molecule has 1 aliphatic rings. The molecule has 0 fully saturated rings. The normalized spacial score (nSPS) is 14.8. The molecule has 0 atom stereocenters. The third-order valence-electron chi connectivity index (χ3n) is 5.35. The smallest absolute Gasteiger partial charge is 0.131 e. The Bertz CT molecular complexity index is 931. The number of rotatable bonds is 6. The van der Waals surface area contributed by atoms with Crippen molar-refractivity contribution in [1.29, 1.82) is 0 Å². The summed E-state index contributed by atoms with van der Waals surface area (Å²) in [5.74, 6) is 1.34. The molecule has 0 spiro atoms. The molecule has 0 unspecified atom stereocenters. The molecular weight excluding hydrogens is 336 g/mol. The third-order valence-corrected chi connectivity index (χ3v) is 5.35. The van der Waals surface area contributed by atoms with E-state index in [2.05, 4.69) is 58.8 Å². The number of benzene rings is 1. The van der Waals surface area contributed by atoms with Gasteiger partial charge in [0.25, 0.3) is 0 Å². The average Bonchev–Trinajstić information content (AvgIpc) is 3.03. The summed E-state index contributed by atoms with van der Waals surface area (Å²) in [5.41, 5.74) is 5.16. The van der Waals surface area contributed by atoms with Crippen LogP contribution in [0.15, 0.2) is 36.7 Å². The van der Waals surface area contributed by atoms with Crippen molar-refractivity contribution in [3.8, 4) is 0 Å². The first-order valence-corrected chi connectivity index (χ1v) is 9.78. The number of hydrogen-bond donors (Lipinski definition) is 0. The van der Waals surface area contributed by atoms with Crippen LogP contribution in [0, 0.1) is 0 Å². The van der Waals surface area contributed by atoms with Crippen molar-refractivity contribution >= 4 is 10.9 Å². The molecule has 27 heavy (non-hydrogen) atoms. The molecule has 0 bridgehead atoms. The van der Waals surface area contributed by atoms with Crippen LogP contribution in [0.5, 0.6) is 0 Å². The second kappa shape index (κ2) is 7.79. The first-order valence-electron chi connectivity index (χ1n) is 9.78. The van der Waals surface area contributed by atoms with Crippen LogP contribution in [0.1, 0.15) is 42.4 Å². The van der Waals surface area contributed by atoms with E-state index in [4.69, 9.17) is 9.72 Å². The largest absolute Gasteiger partial charge is 0.383 e. The molecule has 3 aromatic rings. The van der Waals surface area contributed by atoms with Crippen molar-refractivity contribution in [1.82, 2.24) is 19.4 Å². The van der Waals surface area contributed by atoms with E-state index in [0.717, 1.165) is 45.0 Å². The average molecular weight is 364 g/mol. The summed E-state index contributed by atoms with van der Waals surface area (Å²) < 4.78 is 7.58. The van der Waals surface area contributed by atoms with Crippen LogP contribution in [0.4, 0.5) is 0 Å². The first-order chi connectivity index (χ1) is 13.2. The molecule has 0 radical (unpaired) electrons. The van der Waals surface area contributed by atoms with Crippen molar-refractivity contribution in [2.75, 3.05) is 20.3 Å². The van der Waals surface area contributed by atoms with Crippen molar-refractivity contribution in [2.45, 2.75) is 45.8 Å². The zero-order chi connectivity index (χ0) is 18.8. The van der Waals surface area contributed by atoms with Crippen LogP contribution in [0.3, 0.4) is 0 Å². The van der Waals surface area contributed by atoms with Gasteiger partial charge in [-0.1, -0.05) is 32.0 Å². The van der Waals surface area contributed by atoms with E-state index >= 15 is 0 Å². The minimum absolute atomic E-state index is 0.381. The lowest BCUT2D eigenvalue weighted by Gasteiger charge is -2.28. The Morgan fingerprint density at radius 3 is 2.89 bits per heavy atom. The Labute approximate surface area is 161 Å². The summed E-state index contributed by atoms with van der Waals surface area (Å²) in [6.07, 6.45) is 5.32. The fourth-order valence-electron chi connectivity index (χ4n) is 3.87. The number of ether oxygens (including phenoxy) is 1. The fourth-order valence-corrected chi connectivity index (χ4v) is 3.87. The van der Waals surface area contributed by atoms with Gasteiger partial charge in [-0.25, -0.2) is 9.97 Å². The Balaban J connectivity index is 1.55. The first kappa shape index (κ1) is 18.1. The van der Waals surface area contributed by atoms with Gasteiger partial charge in [0, 0.05) is 80.2 Å². The van der Waals surface area contributed by atoms with Gasteiger partial charge in [0.1, 0.15) is 5.82 Å². The van der Waals surface area contributed by atoms with E-state index in [1.807, 2.05) is 6.20 Å². The number of para-hydroxylation sites is 1. The molecule has 5 heteroatoms. The molecule has 2 aromatic heterocycles. The molecule has 0 aliphatic carbocycles. The lowest BCUT2D eigenvalue weighted by molar-refractivity contribution is 0.188. The highest BCUT2D eigenvalue weighted by Gasteiger charge is 2.20. The van der Waals surface area contributed by atoms with Crippen molar-refractivity contribution < 1.29 is 4.74 Å². The van der Waals surface area contributed by atoms with Gasteiger partial charge < -0.3 is 9.30 Å². The van der Waals surface area contributed by atoms with Crippen LogP contribution in [-0.2, 0) is 30.8 Å². The monoisotopic (exact) mass is 364 g/mol. The molecule has 0 amide bonds. The summed E-state index contributed by atoms with van der Waals surface area (Å²) in [5, 5.41) is 1.34. The van der Waals surface area contributed by atoms with E-state index in [1.165, 1.54) is 27.7 Å².